The Morgan fingerprint density at radius 2 is 1.65 bits per heavy atom. The Morgan fingerprint density at radius 3 is 2.13 bits per heavy atom. The van der Waals surface area contributed by atoms with Crippen LogP contribution in [0.3, 0.4) is 0 Å². The fourth-order valence-corrected chi connectivity index (χ4v) is 1.69. The van der Waals surface area contributed by atoms with Crippen molar-refractivity contribution in [3.05, 3.63) is 12.2 Å². The van der Waals surface area contributed by atoms with E-state index in [1.165, 1.54) is 6.92 Å². The number of hydrogen-bond acceptors (Lipinski definition) is 3. The van der Waals surface area contributed by atoms with Gasteiger partial charge in [-0.25, -0.2) is 0 Å². The van der Waals surface area contributed by atoms with Gasteiger partial charge < -0.3 is 15.4 Å². The van der Waals surface area contributed by atoms with E-state index in [-0.39, 0.29) is 22.6 Å². The SMILES string of the molecule is CC(=O)N[C@@H](C/C=C/COCC(C)(C)C)C(=O)NCC(C)(C)C. The first kappa shape index (κ1) is 21.6. The topological polar surface area (TPSA) is 67.4 Å². The highest BCUT2D eigenvalue weighted by Gasteiger charge is 2.20. The van der Waals surface area contributed by atoms with E-state index in [2.05, 4.69) is 31.4 Å². The lowest BCUT2D eigenvalue weighted by atomic mass is 9.97. The van der Waals surface area contributed by atoms with E-state index in [0.717, 1.165) is 0 Å². The van der Waals surface area contributed by atoms with Gasteiger partial charge in [-0.05, 0) is 17.3 Å². The van der Waals surface area contributed by atoms with Crippen molar-refractivity contribution in [1.82, 2.24) is 10.6 Å². The van der Waals surface area contributed by atoms with Gasteiger partial charge in [-0.3, -0.25) is 9.59 Å². The van der Waals surface area contributed by atoms with Gasteiger partial charge in [0.1, 0.15) is 6.04 Å². The summed E-state index contributed by atoms with van der Waals surface area (Å²) in [4.78, 5) is 23.5. The molecule has 0 rings (SSSR count). The predicted molar refractivity (Wildman–Crippen MR) is 94.1 cm³/mol. The zero-order chi connectivity index (χ0) is 18.1. The molecule has 0 aliphatic heterocycles. The monoisotopic (exact) mass is 326 g/mol. The van der Waals surface area contributed by atoms with Gasteiger partial charge in [-0.2, -0.15) is 0 Å². The van der Waals surface area contributed by atoms with Gasteiger partial charge in [0.2, 0.25) is 11.8 Å². The van der Waals surface area contributed by atoms with Crippen LogP contribution in [0.25, 0.3) is 0 Å². The molecule has 2 amide bonds. The quantitative estimate of drug-likeness (QED) is 0.532. The van der Waals surface area contributed by atoms with Gasteiger partial charge in [-0.15, -0.1) is 0 Å². The van der Waals surface area contributed by atoms with E-state index in [9.17, 15) is 9.59 Å². The largest absolute Gasteiger partial charge is 0.377 e. The van der Waals surface area contributed by atoms with E-state index in [1.807, 2.05) is 32.9 Å². The molecule has 5 nitrogen and oxygen atoms in total. The highest BCUT2D eigenvalue weighted by atomic mass is 16.5. The van der Waals surface area contributed by atoms with Crippen molar-refractivity contribution in [2.45, 2.75) is 60.9 Å². The van der Waals surface area contributed by atoms with Crippen LogP contribution < -0.4 is 10.6 Å². The molecular formula is C18H34N2O3. The first-order valence-electron chi connectivity index (χ1n) is 8.18. The van der Waals surface area contributed by atoms with Crippen LogP contribution in [0.2, 0.25) is 0 Å². The summed E-state index contributed by atoms with van der Waals surface area (Å²) in [6.45, 7) is 15.7. The second kappa shape index (κ2) is 9.71. The summed E-state index contributed by atoms with van der Waals surface area (Å²) in [6.07, 6.45) is 4.21. The average Bonchev–Trinajstić information content (AvgIpc) is 2.36. The molecule has 0 aliphatic carbocycles. The zero-order valence-corrected chi connectivity index (χ0v) is 15.8. The first-order valence-corrected chi connectivity index (χ1v) is 8.18. The van der Waals surface area contributed by atoms with Gasteiger partial charge in [0.15, 0.2) is 0 Å². The zero-order valence-electron chi connectivity index (χ0n) is 15.8. The molecule has 1 atom stereocenters. The Bertz CT molecular complexity index is 403. The van der Waals surface area contributed by atoms with Crippen LogP contribution >= 0.6 is 0 Å². The summed E-state index contributed by atoms with van der Waals surface area (Å²) >= 11 is 0. The first-order chi connectivity index (χ1) is 10.4. The number of carbonyl (C=O) groups is 2. The summed E-state index contributed by atoms with van der Waals surface area (Å²) in [5, 5.41) is 5.57. The van der Waals surface area contributed by atoms with Crippen molar-refractivity contribution in [1.29, 1.82) is 0 Å². The number of nitrogens with one attached hydrogen (secondary N) is 2. The van der Waals surface area contributed by atoms with E-state index >= 15 is 0 Å². The Morgan fingerprint density at radius 1 is 1.04 bits per heavy atom. The molecular weight excluding hydrogens is 292 g/mol. The predicted octanol–water partition coefficient (Wildman–Crippen LogP) is 2.66. The van der Waals surface area contributed by atoms with Gasteiger partial charge in [0, 0.05) is 13.5 Å². The van der Waals surface area contributed by atoms with Crippen LogP contribution in [-0.2, 0) is 14.3 Å². The van der Waals surface area contributed by atoms with Crippen molar-refractivity contribution in [3.63, 3.8) is 0 Å². The number of ether oxygens (including phenoxy) is 1. The second-order valence-corrected chi connectivity index (χ2v) is 8.31. The number of rotatable bonds is 8. The minimum atomic E-state index is -0.547. The van der Waals surface area contributed by atoms with Crippen LogP contribution in [0.5, 0.6) is 0 Å². The maximum atomic E-state index is 12.2. The fraction of sp³-hybridized carbons (Fsp3) is 0.778. The summed E-state index contributed by atoms with van der Waals surface area (Å²) in [7, 11) is 0. The van der Waals surface area contributed by atoms with Crippen molar-refractivity contribution in [2.75, 3.05) is 19.8 Å². The maximum Gasteiger partial charge on any atom is 0.242 e. The van der Waals surface area contributed by atoms with Gasteiger partial charge in [0.05, 0.1) is 13.2 Å². The van der Waals surface area contributed by atoms with Crippen molar-refractivity contribution >= 4 is 11.8 Å². The second-order valence-electron chi connectivity index (χ2n) is 8.31. The highest BCUT2D eigenvalue weighted by Crippen LogP contribution is 2.12. The summed E-state index contributed by atoms with van der Waals surface area (Å²) in [5.41, 5.74) is 0.145. The van der Waals surface area contributed by atoms with Gasteiger partial charge in [0.25, 0.3) is 0 Å². The molecule has 0 fully saturated rings. The van der Waals surface area contributed by atoms with Crippen molar-refractivity contribution in [3.8, 4) is 0 Å². The fourth-order valence-electron chi connectivity index (χ4n) is 1.69. The Hall–Kier alpha value is -1.36. The Labute approximate surface area is 141 Å². The molecule has 23 heavy (non-hydrogen) atoms. The lowest BCUT2D eigenvalue weighted by Crippen LogP contribution is -2.47. The molecule has 0 saturated heterocycles. The third-order valence-corrected chi connectivity index (χ3v) is 2.77. The molecule has 0 unspecified atom stereocenters. The van der Waals surface area contributed by atoms with Crippen LogP contribution in [0, 0.1) is 10.8 Å². The van der Waals surface area contributed by atoms with E-state index in [0.29, 0.717) is 26.2 Å². The Balaban J connectivity index is 4.34. The minimum absolute atomic E-state index is 0.00701. The van der Waals surface area contributed by atoms with Crippen LogP contribution in [0.4, 0.5) is 0 Å². The average molecular weight is 326 g/mol. The number of hydrogen-bond donors (Lipinski definition) is 2. The number of carbonyl (C=O) groups excluding carboxylic acids is 2. The Kier molecular flexibility index (Phi) is 9.13. The van der Waals surface area contributed by atoms with Crippen LogP contribution in [0.15, 0.2) is 12.2 Å². The smallest absolute Gasteiger partial charge is 0.242 e. The van der Waals surface area contributed by atoms with Crippen molar-refractivity contribution < 1.29 is 14.3 Å². The molecule has 0 aromatic heterocycles. The highest BCUT2D eigenvalue weighted by molar-refractivity contribution is 5.86. The third kappa shape index (κ3) is 14.0. The van der Waals surface area contributed by atoms with Gasteiger partial charge in [-0.1, -0.05) is 53.7 Å². The van der Waals surface area contributed by atoms with Crippen LogP contribution in [0.1, 0.15) is 54.9 Å². The van der Waals surface area contributed by atoms with E-state index in [4.69, 9.17) is 4.74 Å². The summed E-state index contributed by atoms with van der Waals surface area (Å²) < 4.78 is 5.54. The molecule has 0 radical (unpaired) electrons. The lowest BCUT2D eigenvalue weighted by Gasteiger charge is -2.22. The minimum Gasteiger partial charge on any atom is -0.377 e. The molecule has 0 spiro atoms. The summed E-state index contributed by atoms with van der Waals surface area (Å²) in [6, 6.07) is -0.547. The molecule has 134 valence electrons. The number of amides is 2. The third-order valence-electron chi connectivity index (χ3n) is 2.77. The van der Waals surface area contributed by atoms with E-state index < -0.39 is 6.04 Å². The molecule has 0 saturated carbocycles. The molecule has 0 aliphatic rings. The van der Waals surface area contributed by atoms with Crippen LogP contribution in [-0.4, -0.2) is 37.6 Å². The molecule has 0 aromatic rings. The maximum absolute atomic E-state index is 12.2. The van der Waals surface area contributed by atoms with Crippen molar-refractivity contribution in [2.24, 2.45) is 10.8 Å². The standard InChI is InChI=1S/C18H34N2O3/c1-14(21)20-15(16(22)19-12-17(2,3)4)10-8-9-11-23-13-18(5,6)7/h8-9,15H,10-13H2,1-7H3,(H,19,22)(H,20,21)/b9-8+/t15-/m0/s1. The molecule has 0 aromatic carbocycles. The molecule has 5 heteroatoms. The van der Waals surface area contributed by atoms with E-state index in [1.54, 1.807) is 0 Å². The summed E-state index contributed by atoms with van der Waals surface area (Å²) in [5.74, 6) is -0.367. The molecule has 0 bridgehead atoms. The lowest BCUT2D eigenvalue weighted by molar-refractivity contribution is -0.128. The molecule has 0 heterocycles. The molecule has 2 N–H and O–H groups in total. The normalized spacial score (nSPS) is 13.9. The van der Waals surface area contributed by atoms with Gasteiger partial charge >= 0.3 is 0 Å².